The standard InChI is InChI=1S/C15H15NO2S/c1-3-8-18-15(17)14(4-2)19-11-13-7-5-6-12(9-13)10-16/h1,5-7,9,14H,4,8,11H2,2H3. The molecule has 0 radical (unpaired) electrons. The molecule has 0 bridgehead atoms. The van der Waals surface area contributed by atoms with Gasteiger partial charge in [-0.1, -0.05) is 25.0 Å². The van der Waals surface area contributed by atoms with Crippen LogP contribution in [-0.4, -0.2) is 17.8 Å². The van der Waals surface area contributed by atoms with Crippen LogP contribution in [0, 0.1) is 23.7 Å². The molecule has 0 saturated carbocycles. The average molecular weight is 273 g/mol. The van der Waals surface area contributed by atoms with E-state index in [-0.39, 0.29) is 17.8 Å². The molecule has 0 saturated heterocycles. The fourth-order valence-electron chi connectivity index (χ4n) is 1.49. The summed E-state index contributed by atoms with van der Waals surface area (Å²) in [5, 5.41) is 8.60. The van der Waals surface area contributed by atoms with Crippen molar-refractivity contribution in [1.29, 1.82) is 5.26 Å². The van der Waals surface area contributed by atoms with Crippen LogP contribution in [0.4, 0.5) is 0 Å². The molecule has 4 heteroatoms. The molecule has 0 aliphatic heterocycles. The van der Waals surface area contributed by atoms with E-state index in [4.69, 9.17) is 16.4 Å². The van der Waals surface area contributed by atoms with Crippen LogP contribution in [0.1, 0.15) is 24.5 Å². The first kappa shape index (κ1) is 15.1. The third-order valence-corrected chi connectivity index (χ3v) is 3.87. The van der Waals surface area contributed by atoms with Crippen molar-refractivity contribution in [1.82, 2.24) is 0 Å². The third-order valence-electron chi connectivity index (χ3n) is 2.44. The number of nitriles is 1. The zero-order valence-corrected chi connectivity index (χ0v) is 11.6. The summed E-state index contributed by atoms with van der Waals surface area (Å²) >= 11 is 1.50. The molecule has 1 aromatic rings. The van der Waals surface area contributed by atoms with Crippen molar-refractivity contribution in [3.8, 4) is 18.4 Å². The minimum atomic E-state index is -0.276. The summed E-state index contributed by atoms with van der Waals surface area (Å²) < 4.78 is 4.93. The van der Waals surface area contributed by atoms with Crippen LogP contribution in [0.25, 0.3) is 0 Å². The number of benzene rings is 1. The lowest BCUT2D eigenvalue weighted by Crippen LogP contribution is -2.19. The molecule has 98 valence electrons. The van der Waals surface area contributed by atoms with Crippen molar-refractivity contribution in [3.05, 3.63) is 35.4 Å². The van der Waals surface area contributed by atoms with Crippen LogP contribution < -0.4 is 0 Å². The summed E-state index contributed by atoms with van der Waals surface area (Å²) in [4.78, 5) is 11.7. The van der Waals surface area contributed by atoms with Gasteiger partial charge < -0.3 is 4.74 Å². The second-order valence-corrected chi connectivity index (χ2v) is 5.02. The van der Waals surface area contributed by atoms with Crippen LogP contribution >= 0.6 is 11.8 Å². The second-order valence-electron chi connectivity index (χ2n) is 3.83. The SMILES string of the molecule is C#CCOC(=O)C(CC)SCc1cccc(C#N)c1. The van der Waals surface area contributed by atoms with E-state index in [1.807, 2.05) is 25.1 Å². The van der Waals surface area contributed by atoms with E-state index in [9.17, 15) is 4.79 Å². The molecule has 0 amide bonds. The molecular weight excluding hydrogens is 258 g/mol. The highest BCUT2D eigenvalue weighted by Crippen LogP contribution is 2.22. The molecule has 19 heavy (non-hydrogen) atoms. The van der Waals surface area contributed by atoms with Crippen molar-refractivity contribution >= 4 is 17.7 Å². The van der Waals surface area contributed by atoms with E-state index in [2.05, 4.69) is 12.0 Å². The van der Waals surface area contributed by atoms with Crippen LogP contribution in [0.15, 0.2) is 24.3 Å². The zero-order valence-electron chi connectivity index (χ0n) is 10.8. The predicted octanol–water partition coefficient (Wildman–Crippen LogP) is 2.75. The van der Waals surface area contributed by atoms with Crippen molar-refractivity contribution in [2.75, 3.05) is 6.61 Å². The van der Waals surface area contributed by atoms with Gasteiger partial charge in [-0.15, -0.1) is 18.2 Å². The maximum atomic E-state index is 11.7. The molecule has 3 nitrogen and oxygen atoms in total. The first-order chi connectivity index (χ1) is 9.21. The molecule has 0 aromatic heterocycles. The van der Waals surface area contributed by atoms with Gasteiger partial charge in [-0.25, -0.2) is 0 Å². The highest BCUT2D eigenvalue weighted by molar-refractivity contribution is 7.99. The number of esters is 1. The van der Waals surface area contributed by atoms with Crippen molar-refractivity contribution in [2.45, 2.75) is 24.3 Å². The minimum absolute atomic E-state index is 0.0137. The van der Waals surface area contributed by atoms with Crippen LogP contribution in [0.5, 0.6) is 0 Å². The van der Waals surface area contributed by atoms with Gasteiger partial charge in [0.15, 0.2) is 6.61 Å². The molecule has 0 aliphatic carbocycles. The predicted molar refractivity (Wildman–Crippen MR) is 76.3 cm³/mol. The molecule has 0 fully saturated rings. The monoisotopic (exact) mass is 273 g/mol. The summed E-state index contributed by atoms with van der Waals surface area (Å²) in [5.74, 6) is 2.67. The van der Waals surface area contributed by atoms with Gasteiger partial charge in [-0.3, -0.25) is 4.79 Å². The molecule has 0 heterocycles. The topological polar surface area (TPSA) is 50.1 Å². The lowest BCUT2D eigenvalue weighted by atomic mass is 10.2. The number of ether oxygens (including phenoxy) is 1. The van der Waals surface area contributed by atoms with E-state index in [1.54, 1.807) is 6.07 Å². The molecule has 1 aromatic carbocycles. The van der Waals surface area contributed by atoms with Gasteiger partial charge in [0.05, 0.1) is 11.6 Å². The number of carbonyl (C=O) groups is 1. The Morgan fingerprint density at radius 1 is 1.58 bits per heavy atom. The Labute approximate surface area is 118 Å². The van der Waals surface area contributed by atoms with Gasteiger partial charge in [0.1, 0.15) is 5.25 Å². The Balaban J connectivity index is 2.55. The Kier molecular flexibility index (Phi) is 6.57. The zero-order chi connectivity index (χ0) is 14.1. The summed E-state index contributed by atoms with van der Waals surface area (Å²) in [6.45, 7) is 1.94. The summed E-state index contributed by atoms with van der Waals surface area (Å²) in [5.41, 5.74) is 1.65. The first-order valence-electron chi connectivity index (χ1n) is 5.92. The normalized spacial score (nSPS) is 11.1. The third kappa shape index (κ3) is 5.07. The van der Waals surface area contributed by atoms with Gasteiger partial charge in [0.25, 0.3) is 0 Å². The summed E-state index contributed by atoms with van der Waals surface area (Å²) in [6.07, 6.45) is 5.74. The number of carbonyl (C=O) groups excluding carboxylic acids is 1. The number of hydrogen-bond acceptors (Lipinski definition) is 4. The smallest absolute Gasteiger partial charge is 0.320 e. The summed E-state index contributed by atoms with van der Waals surface area (Å²) in [7, 11) is 0. The highest BCUT2D eigenvalue weighted by Gasteiger charge is 2.18. The number of rotatable bonds is 6. The first-order valence-corrected chi connectivity index (χ1v) is 6.96. The van der Waals surface area contributed by atoms with E-state index in [1.165, 1.54) is 11.8 Å². The lowest BCUT2D eigenvalue weighted by molar-refractivity contribution is -0.141. The Hall–Kier alpha value is -1.91. The molecule has 0 N–H and O–H groups in total. The Morgan fingerprint density at radius 3 is 3.00 bits per heavy atom. The molecule has 0 spiro atoms. The fourth-order valence-corrected chi connectivity index (χ4v) is 2.50. The van der Waals surface area contributed by atoms with E-state index >= 15 is 0 Å². The number of terminal acetylenes is 1. The number of hydrogen-bond donors (Lipinski definition) is 0. The van der Waals surface area contributed by atoms with Crippen LogP contribution in [-0.2, 0) is 15.3 Å². The molecular formula is C15H15NO2S. The number of nitrogens with zero attached hydrogens (tertiary/aromatic N) is 1. The van der Waals surface area contributed by atoms with E-state index < -0.39 is 0 Å². The second kappa shape index (κ2) is 8.24. The quantitative estimate of drug-likeness (QED) is 0.590. The lowest BCUT2D eigenvalue weighted by Gasteiger charge is -2.12. The molecule has 1 rings (SSSR count). The number of thioether (sulfide) groups is 1. The maximum Gasteiger partial charge on any atom is 0.320 e. The van der Waals surface area contributed by atoms with Gasteiger partial charge in [-0.05, 0) is 24.1 Å². The fraction of sp³-hybridized carbons (Fsp3) is 0.333. The van der Waals surface area contributed by atoms with Gasteiger partial charge >= 0.3 is 5.97 Å². The Bertz CT molecular complexity index is 514. The van der Waals surface area contributed by atoms with Crippen molar-refractivity contribution < 1.29 is 9.53 Å². The molecule has 1 atom stereocenters. The van der Waals surface area contributed by atoms with Gasteiger partial charge in [0.2, 0.25) is 0 Å². The molecule has 1 unspecified atom stereocenters. The molecule has 0 aliphatic rings. The van der Waals surface area contributed by atoms with E-state index in [0.717, 1.165) is 5.56 Å². The minimum Gasteiger partial charge on any atom is -0.452 e. The van der Waals surface area contributed by atoms with E-state index in [0.29, 0.717) is 17.7 Å². The summed E-state index contributed by atoms with van der Waals surface area (Å²) in [6, 6.07) is 9.46. The van der Waals surface area contributed by atoms with Gasteiger partial charge in [-0.2, -0.15) is 5.26 Å². The Morgan fingerprint density at radius 2 is 2.37 bits per heavy atom. The van der Waals surface area contributed by atoms with Crippen LogP contribution in [0.2, 0.25) is 0 Å². The maximum absolute atomic E-state index is 11.7. The highest BCUT2D eigenvalue weighted by atomic mass is 32.2. The largest absolute Gasteiger partial charge is 0.452 e. The van der Waals surface area contributed by atoms with Gasteiger partial charge in [0, 0.05) is 5.75 Å². The van der Waals surface area contributed by atoms with Crippen molar-refractivity contribution in [2.24, 2.45) is 0 Å². The van der Waals surface area contributed by atoms with Crippen LogP contribution in [0.3, 0.4) is 0 Å². The average Bonchev–Trinajstić information content (AvgIpc) is 2.45. The van der Waals surface area contributed by atoms with Crippen molar-refractivity contribution in [3.63, 3.8) is 0 Å².